The monoisotopic (exact) mass is 298 g/mol. The second-order valence-corrected chi connectivity index (χ2v) is 7.49. The van der Waals surface area contributed by atoms with Crippen molar-refractivity contribution in [3.63, 3.8) is 0 Å². The highest BCUT2D eigenvalue weighted by Crippen LogP contribution is 2.36. The molecule has 19 heavy (non-hydrogen) atoms. The van der Waals surface area contributed by atoms with Crippen molar-refractivity contribution >= 4 is 21.6 Å². The Morgan fingerprint density at radius 3 is 2.58 bits per heavy atom. The molecule has 1 heterocycles. The van der Waals surface area contributed by atoms with Gasteiger partial charge in [-0.2, -0.15) is 9.57 Å². The van der Waals surface area contributed by atoms with Gasteiger partial charge in [-0.25, -0.2) is 8.42 Å². The topological polar surface area (TPSA) is 61.2 Å². The Hall–Kier alpha value is -1.09. The van der Waals surface area contributed by atoms with E-state index in [1.165, 1.54) is 22.5 Å². The third-order valence-electron chi connectivity index (χ3n) is 3.45. The summed E-state index contributed by atoms with van der Waals surface area (Å²) >= 11 is 6.01. The van der Waals surface area contributed by atoms with Crippen LogP contribution < -0.4 is 0 Å². The van der Waals surface area contributed by atoms with Crippen LogP contribution in [0.2, 0.25) is 5.02 Å². The first-order chi connectivity index (χ1) is 8.79. The summed E-state index contributed by atoms with van der Waals surface area (Å²) in [5, 5.41) is 8.88. The Morgan fingerprint density at radius 1 is 1.42 bits per heavy atom. The van der Waals surface area contributed by atoms with Gasteiger partial charge in [0.05, 0.1) is 16.7 Å². The summed E-state index contributed by atoms with van der Waals surface area (Å²) in [6.07, 6.45) is 1.68. The molecule has 4 nitrogen and oxygen atoms in total. The summed E-state index contributed by atoms with van der Waals surface area (Å²) in [6.45, 7) is 4.33. The quantitative estimate of drug-likeness (QED) is 0.843. The summed E-state index contributed by atoms with van der Waals surface area (Å²) in [7, 11) is -3.61. The van der Waals surface area contributed by atoms with Crippen LogP contribution in [0.4, 0.5) is 0 Å². The zero-order valence-electron chi connectivity index (χ0n) is 10.9. The zero-order chi connectivity index (χ0) is 14.3. The Bertz CT molecular complexity index is 647. The van der Waals surface area contributed by atoms with Gasteiger partial charge in [0.1, 0.15) is 4.90 Å². The molecule has 0 unspecified atom stereocenters. The van der Waals surface area contributed by atoms with Gasteiger partial charge in [0.25, 0.3) is 0 Å². The molecule has 0 bridgehead atoms. The molecule has 1 aromatic carbocycles. The number of sulfonamides is 1. The standard InChI is InChI=1S/C13H15ClN2O2S/c1-13(2)6-3-7-16(13)19(17,18)12-5-4-10(9-15)8-11(12)14/h4-5,8H,3,6-7H2,1-2H3. The molecule has 0 spiro atoms. The normalized spacial score (nSPS) is 19.3. The van der Waals surface area contributed by atoms with Gasteiger partial charge in [0, 0.05) is 12.1 Å². The maximum atomic E-state index is 12.6. The number of hydrogen-bond donors (Lipinski definition) is 0. The summed E-state index contributed by atoms with van der Waals surface area (Å²) in [4.78, 5) is 0.0724. The van der Waals surface area contributed by atoms with Gasteiger partial charge in [0.15, 0.2) is 0 Å². The van der Waals surface area contributed by atoms with Crippen molar-refractivity contribution in [1.82, 2.24) is 4.31 Å². The highest BCUT2D eigenvalue weighted by atomic mass is 35.5. The van der Waals surface area contributed by atoms with Crippen molar-refractivity contribution in [3.8, 4) is 6.07 Å². The molecule has 102 valence electrons. The molecule has 6 heteroatoms. The van der Waals surface area contributed by atoms with Crippen LogP contribution in [0.25, 0.3) is 0 Å². The van der Waals surface area contributed by atoms with Crippen molar-refractivity contribution in [1.29, 1.82) is 5.26 Å². The van der Waals surface area contributed by atoms with Gasteiger partial charge >= 0.3 is 0 Å². The van der Waals surface area contributed by atoms with Crippen molar-refractivity contribution in [2.24, 2.45) is 0 Å². The van der Waals surface area contributed by atoms with Gasteiger partial charge in [0.2, 0.25) is 10.0 Å². The number of halogens is 1. The van der Waals surface area contributed by atoms with E-state index in [9.17, 15) is 8.42 Å². The van der Waals surface area contributed by atoms with Crippen LogP contribution in [-0.4, -0.2) is 24.8 Å². The Kier molecular flexibility index (Phi) is 3.61. The summed E-state index contributed by atoms with van der Waals surface area (Å²) < 4.78 is 26.8. The van der Waals surface area contributed by atoms with Crippen molar-refractivity contribution in [2.75, 3.05) is 6.54 Å². The predicted octanol–water partition coefficient (Wildman–Crippen LogP) is 2.77. The van der Waals surface area contributed by atoms with Crippen LogP contribution in [0.3, 0.4) is 0 Å². The van der Waals surface area contributed by atoms with E-state index in [0.717, 1.165) is 12.8 Å². The second kappa shape index (κ2) is 4.78. The van der Waals surface area contributed by atoms with E-state index >= 15 is 0 Å². The molecule has 1 fully saturated rings. The predicted molar refractivity (Wildman–Crippen MR) is 73.4 cm³/mol. The van der Waals surface area contributed by atoms with Crippen LogP contribution in [0.5, 0.6) is 0 Å². The lowest BCUT2D eigenvalue weighted by atomic mass is 10.0. The molecular formula is C13H15ClN2O2S. The van der Waals surface area contributed by atoms with Crippen LogP contribution in [-0.2, 0) is 10.0 Å². The Labute approximate surface area is 118 Å². The molecule has 0 N–H and O–H groups in total. The van der Waals surface area contributed by atoms with E-state index in [1.807, 2.05) is 19.9 Å². The molecule has 0 aliphatic carbocycles. The highest BCUT2D eigenvalue weighted by Gasteiger charge is 2.41. The smallest absolute Gasteiger partial charge is 0.207 e. The van der Waals surface area contributed by atoms with Crippen LogP contribution in [0.1, 0.15) is 32.3 Å². The van der Waals surface area contributed by atoms with Crippen LogP contribution in [0.15, 0.2) is 23.1 Å². The fraction of sp³-hybridized carbons (Fsp3) is 0.462. The maximum Gasteiger partial charge on any atom is 0.245 e. The molecule has 0 aromatic heterocycles. The third-order valence-corrected chi connectivity index (χ3v) is 6.05. The number of benzene rings is 1. The molecule has 1 aliphatic rings. The number of hydrogen-bond acceptors (Lipinski definition) is 3. The summed E-state index contributed by atoms with van der Waals surface area (Å²) in [6, 6.07) is 6.21. The van der Waals surface area contributed by atoms with Crippen LogP contribution >= 0.6 is 11.6 Å². The minimum absolute atomic E-state index is 0.0724. The fourth-order valence-corrected chi connectivity index (χ4v) is 4.79. The molecule has 0 amide bonds. The summed E-state index contributed by atoms with van der Waals surface area (Å²) in [5.74, 6) is 0. The zero-order valence-corrected chi connectivity index (χ0v) is 12.4. The minimum Gasteiger partial charge on any atom is -0.207 e. The van der Waals surface area contributed by atoms with E-state index in [1.54, 1.807) is 0 Å². The van der Waals surface area contributed by atoms with E-state index in [2.05, 4.69) is 0 Å². The van der Waals surface area contributed by atoms with Gasteiger partial charge in [-0.1, -0.05) is 11.6 Å². The average molecular weight is 299 g/mol. The molecule has 1 saturated heterocycles. The number of rotatable bonds is 2. The van der Waals surface area contributed by atoms with E-state index in [-0.39, 0.29) is 9.92 Å². The van der Waals surface area contributed by atoms with Gasteiger partial charge in [-0.3, -0.25) is 0 Å². The minimum atomic E-state index is -3.61. The lowest BCUT2D eigenvalue weighted by molar-refractivity contribution is 0.292. The van der Waals surface area contributed by atoms with Crippen LogP contribution in [0, 0.1) is 11.3 Å². The lowest BCUT2D eigenvalue weighted by Crippen LogP contribution is -2.42. The fourth-order valence-electron chi connectivity index (χ4n) is 2.43. The first kappa shape index (κ1) is 14.3. The summed E-state index contributed by atoms with van der Waals surface area (Å²) in [5.41, 5.74) is -0.0413. The van der Waals surface area contributed by atoms with Gasteiger partial charge < -0.3 is 0 Å². The molecule has 1 aromatic rings. The lowest BCUT2D eigenvalue weighted by Gasteiger charge is -2.30. The number of nitrogens with zero attached hydrogens (tertiary/aromatic N) is 2. The van der Waals surface area contributed by atoms with Crippen molar-refractivity contribution in [3.05, 3.63) is 28.8 Å². The van der Waals surface area contributed by atoms with E-state index in [0.29, 0.717) is 12.1 Å². The maximum absolute atomic E-state index is 12.6. The molecular weight excluding hydrogens is 284 g/mol. The molecule has 0 radical (unpaired) electrons. The van der Waals surface area contributed by atoms with E-state index < -0.39 is 15.6 Å². The van der Waals surface area contributed by atoms with E-state index in [4.69, 9.17) is 16.9 Å². The molecule has 2 rings (SSSR count). The number of nitriles is 1. The molecule has 0 atom stereocenters. The largest absolute Gasteiger partial charge is 0.245 e. The second-order valence-electron chi connectivity index (χ2n) is 5.25. The first-order valence-electron chi connectivity index (χ1n) is 6.01. The Morgan fingerprint density at radius 2 is 2.11 bits per heavy atom. The van der Waals surface area contributed by atoms with Crippen molar-refractivity contribution < 1.29 is 8.42 Å². The Balaban J connectivity index is 2.49. The average Bonchev–Trinajstić information content (AvgIpc) is 2.69. The van der Waals surface area contributed by atoms with Crippen molar-refractivity contribution in [2.45, 2.75) is 37.1 Å². The highest BCUT2D eigenvalue weighted by molar-refractivity contribution is 7.89. The molecule has 1 aliphatic heterocycles. The van der Waals surface area contributed by atoms with Gasteiger partial charge in [-0.15, -0.1) is 0 Å². The SMILES string of the molecule is CC1(C)CCCN1S(=O)(=O)c1ccc(C#N)cc1Cl. The molecule has 0 saturated carbocycles. The third kappa shape index (κ3) is 2.48. The first-order valence-corrected chi connectivity index (χ1v) is 7.83. The van der Waals surface area contributed by atoms with Gasteiger partial charge in [-0.05, 0) is 44.9 Å².